The quantitative estimate of drug-likeness (QED) is 0.876. The first-order chi connectivity index (χ1) is 10.5. The zero-order valence-electron chi connectivity index (χ0n) is 12.6. The van der Waals surface area contributed by atoms with Gasteiger partial charge in [0.15, 0.2) is 0 Å². The molecule has 0 aliphatic carbocycles. The van der Waals surface area contributed by atoms with Crippen molar-refractivity contribution >= 4 is 5.97 Å². The van der Waals surface area contributed by atoms with Gasteiger partial charge in [0.1, 0.15) is 11.6 Å². The first kappa shape index (κ1) is 16.0. The van der Waals surface area contributed by atoms with Gasteiger partial charge in [0.25, 0.3) is 0 Å². The molecule has 0 aliphatic rings. The molecule has 0 radical (unpaired) electrons. The zero-order valence-corrected chi connectivity index (χ0v) is 12.6. The standard InChI is InChI=1S/C18H19FO3/c1-12(2)22-16-9-3-13(4-10-16)11-17(18(20)21)14-5-7-15(19)8-6-14/h3-10,12,17H,11H2,1-2H3,(H,20,21). The number of carbonyl (C=O) groups is 1. The van der Waals surface area contributed by atoms with Gasteiger partial charge in [0.2, 0.25) is 0 Å². The van der Waals surface area contributed by atoms with Crippen molar-refractivity contribution in [2.24, 2.45) is 0 Å². The highest BCUT2D eigenvalue weighted by Crippen LogP contribution is 2.23. The summed E-state index contributed by atoms with van der Waals surface area (Å²) in [7, 11) is 0. The number of carboxylic acid groups (broad SMARTS) is 1. The molecule has 0 aromatic heterocycles. The van der Waals surface area contributed by atoms with Crippen LogP contribution in [0.25, 0.3) is 0 Å². The molecular weight excluding hydrogens is 283 g/mol. The second-order valence-corrected chi connectivity index (χ2v) is 5.46. The Bertz CT molecular complexity index is 618. The largest absolute Gasteiger partial charge is 0.491 e. The lowest BCUT2D eigenvalue weighted by Crippen LogP contribution is -2.14. The van der Waals surface area contributed by atoms with Crippen molar-refractivity contribution in [3.63, 3.8) is 0 Å². The summed E-state index contributed by atoms with van der Waals surface area (Å²) in [6.07, 6.45) is 0.444. The van der Waals surface area contributed by atoms with Gasteiger partial charge in [-0.3, -0.25) is 4.79 Å². The Hall–Kier alpha value is -2.36. The van der Waals surface area contributed by atoms with E-state index in [-0.39, 0.29) is 11.9 Å². The van der Waals surface area contributed by atoms with Gasteiger partial charge < -0.3 is 9.84 Å². The van der Waals surface area contributed by atoms with E-state index in [1.54, 1.807) is 0 Å². The van der Waals surface area contributed by atoms with Crippen LogP contribution >= 0.6 is 0 Å². The summed E-state index contributed by atoms with van der Waals surface area (Å²) in [5.74, 6) is -1.23. The van der Waals surface area contributed by atoms with E-state index in [2.05, 4.69) is 0 Å². The third kappa shape index (κ3) is 4.32. The molecule has 2 aromatic carbocycles. The lowest BCUT2D eigenvalue weighted by atomic mass is 9.92. The van der Waals surface area contributed by atoms with Gasteiger partial charge >= 0.3 is 5.97 Å². The van der Waals surface area contributed by atoms with E-state index >= 15 is 0 Å². The van der Waals surface area contributed by atoms with E-state index < -0.39 is 11.9 Å². The second-order valence-electron chi connectivity index (χ2n) is 5.46. The number of hydrogen-bond acceptors (Lipinski definition) is 2. The van der Waals surface area contributed by atoms with Crippen molar-refractivity contribution in [1.82, 2.24) is 0 Å². The molecular formula is C18H19FO3. The fraction of sp³-hybridized carbons (Fsp3) is 0.278. The van der Waals surface area contributed by atoms with Crippen molar-refractivity contribution < 1.29 is 19.0 Å². The van der Waals surface area contributed by atoms with E-state index in [9.17, 15) is 14.3 Å². The number of halogens is 1. The van der Waals surface area contributed by atoms with Gasteiger partial charge in [-0.1, -0.05) is 24.3 Å². The van der Waals surface area contributed by atoms with E-state index in [4.69, 9.17) is 4.74 Å². The molecule has 0 bridgehead atoms. The number of rotatable bonds is 6. The monoisotopic (exact) mass is 302 g/mol. The third-order valence-electron chi connectivity index (χ3n) is 3.31. The van der Waals surface area contributed by atoms with Crippen molar-refractivity contribution in [1.29, 1.82) is 0 Å². The molecule has 0 aliphatic heterocycles. The molecule has 2 aromatic rings. The van der Waals surface area contributed by atoms with Gasteiger partial charge in [-0.05, 0) is 55.7 Å². The first-order valence-electron chi connectivity index (χ1n) is 7.19. The fourth-order valence-corrected chi connectivity index (χ4v) is 2.25. The van der Waals surface area contributed by atoms with Crippen LogP contribution in [0.1, 0.15) is 30.9 Å². The second kappa shape index (κ2) is 7.07. The fourth-order valence-electron chi connectivity index (χ4n) is 2.25. The van der Waals surface area contributed by atoms with Crippen molar-refractivity contribution in [2.45, 2.75) is 32.3 Å². The molecule has 1 N–H and O–H groups in total. The molecule has 116 valence electrons. The highest BCUT2D eigenvalue weighted by molar-refractivity contribution is 5.76. The lowest BCUT2D eigenvalue weighted by Gasteiger charge is -2.14. The predicted octanol–water partition coefficient (Wildman–Crippen LogP) is 4.02. The Balaban J connectivity index is 2.14. The summed E-state index contributed by atoms with van der Waals surface area (Å²) in [5.41, 5.74) is 1.49. The summed E-state index contributed by atoms with van der Waals surface area (Å²) in [5, 5.41) is 9.41. The van der Waals surface area contributed by atoms with Crippen LogP contribution < -0.4 is 4.74 Å². The topological polar surface area (TPSA) is 46.5 Å². The van der Waals surface area contributed by atoms with Crippen LogP contribution in [0.15, 0.2) is 48.5 Å². The highest BCUT2D eigenvalue weighted by atomic mass is 19.1. The van der Waals surface area contributed by atoms with Crippen molar-refractivity contribution in [2.75, 3.05) is 0 Å². The molecule has 2 rings (SSSR count). The van der Waals surface area contributed by atoms with Crippen LogP contribution in [-0.4, -0.2) is 17.2 Å². The van der Waals surface area contributed by atoms with E-state index in [1.165, 1.54) is 24.3 Å². The molecule has 0 heterocycles. The number of ether oxygens (including phenoxy) is 1. The molecule has 0 amide bonds. The van der Waals surface area contributed by atoms with Gasteiger partial charge in [-0.15, -0.1) is 0 Å². The Kier molecular flexibility index (Phi) is 5.15. The lowest BCUT2D eigenvalue weighted by molar-refractivity contribution is -0.138. The number of aliphatic carboxylic acids is 1. The number of benzene rings is 2. The molecule has 4 heteroatoms. The summed E-state index contributed by atoms with van der Waals surface area (Å²) in [6.45, 7) is 3.89. The minimum absolute atomic E-state index is 0.0943. The average molecular weight is 302 g/mol. The summed E-state index contributed by atoms with van der Waals surface area (Å²) < 4.78 is 18.5. The average Bonchev–Trinajstić information content (AvgIpc) is 2.47. The van der Waals surface area contributed by atoms with Crippen LogP contribution in [0.5, 0.6) is 5.75 Å². The van der Waals surface area contributed by atoms with Gasteiger partial charge in [-0.2, -0.15) is 0 Å². The van der Waals surface area contributed by atoms with E-state index in [0.29, 0.717) is 12.0 Å². The van der Waals surface area contributed by atoms with Gasteiger partial charge in [-0.25, -0.2) is 4.39 Å². The number of hydrogen-bond donors (Lipinski definition) is 1. The molecule has 0 saturated heterocycles. The van der Waals surface area contributed by atoms with Crippen LogP contribution in [0.2, 0.25) is 0 Å². The van der Waals surface area contributed by atoms with Gasteiger partial charge in [0.05, 0.1) is 12.0 Å². The molecule has 0 spiro atoms. The summed E-state index contributed by atoms with van der Waals surface area (Å²) >= 11 is 0. The van der Waals surface area contributed by atoms with E-state index in [0.717, 1.165) is 11.3 Å². The van der Waals surface area contributed by atoms with E-state index in [1.807, 2.05) is 38.1 Å². The smallest absolute Gasteiger partial charge is 0.311 e. The minimum atomic E-state index is -0.922. The molecule has 0 saturated carbocycles. The maximum absolute atomic E-state index is 13.0. The maximum atomic E-state index is 13.0. The molecule has 1 atom stereocenters. The summed E-state index contributed by atoms with van der Waals surface area (Å²) in [4.78, 5) is 11.5. The molecule has 0 fully saturated rings. The van der Waals surface area contributed by atoms with Crippen LogP contribution in [-0.2, 0) is 11.2 Å². The van der Waals surface area contributed by atoms with Crippen molar-refractivity contribution in [3.8, 4) is 5.75 Å². The van der Waals surface area contributed by atoms with Crippen molar-refractivity contribution in [3.05, 3.63) is 65.5 Å². The Labute approximate surface area is 129 Å². The Morgan fingerprint density at radius 3 is 2.18 bits per heavy atom. The third-order valence-corrected chi connectivity index (χ3v) is 3.31. The summed E-state index contributed by atoms with van der Waals surface area (Å²) in [6, 6.07) is 13.0. The molecule has 22 heavy (non-hydrogen) atoms. The Morgan fingerprint density at radius 1 is 1.09 bits per heavy atom. The molecule has 1 unspecified atom stereocenters. The zero-order chi connectivity index (χ0) is 16.1. The first-order valence-corrected chi connectivity index (χ1v) is 7.19. The number of carboxylic acids is 1. The van der Waals surface area contributed by atoms with Gasteiger partial charge in [0, 0.05) is 0 Å². The van der Waals surface area contributed by atoms with Crippen LogP contribution in [0, 0.1) is 5.82 Å². The predicted molar refractivity (Wildman–Crippen MR) is 82.7 cm³/mol. The van der Waals surface area contributed by atoms with Crippen LogP contribution in [0.4, 0.5) is 4.39 Å². The Morgan fingerprint density at radius 2 is 1.68 bits per heavy atom. The normalized spacial score (nSPS) is 12.2. The minimum Gasteiger partial charge on any atom is -0.491 e. The maximum Gasteiger partial charge on any atom is 0.311 e. The SMILES string of the molecule is CC(C)Oc1ccc(CC(C(=O)O)c2ccc(F)cc2)cc1. The highest BCUT2D eigenvalue weighted by Gasteiger charge is 2.20. The molecule has 3 nitrogen and oxygen atoms in total. The van der Waals surface area contributed by atoms with Crippen LogP contribution in [0.3, 0.4) is 0 Å².